The summed E-state index contributed by atoms with van der Waals surface area (Å²) in [5, 5.41) is 3.07. The smallest absolute Gasteiger partial charge is 0.223 e. The Balaban J connectivity index is 2.35. The molecule has 0 bridgehead atoms. The van der Waals surface area contributed by atoms with E-state index in [0.29, 0.717) is 13.0 Å². The summed E-state index contributed by atoms with van der Waals surface area (Å²) in [5.74, 6) is 1.58. The van der Waals surface area contributed by atoms with Gasteiger partial charge in [-0.1, -0.05) is 0 Å². The number of aryl methyl sites for hydroxylation is 1. The van der Waals surface area contributed by atoms with E-state index in [-0.39, 0.29) is 5.91 Å². The first-order valence-corrected chi connectivity index (χ1v) is 4.83. The molecule has 0 saturated heterocycles. The Kier molecular flexibility index (Phi) is 4.03. The van der Waals surface area contributed by atoms with Gasteiger partial charge in [-0.15, -0.1) is 0 Å². The van der Waals surface area contributed by atoms with E-state index < -0.39 is 0 Å². The number of hydrogen-bond acceptors (Lipinski definition) is 4. The van der Waals surface area contributed by atoms with Gasteiger partial charge in [0.05, 0.1) is 0 Å². The zero-order valence-electron chi connectivity index (χ0n) is 9.32. The highest BCUT2D eigenvalue weighted by Crippen LogP contribution is 2.01. The molecule has 0 unspecified atom stereocenters. The second kappa shape index (κ2) is 5.29. The summed E-state index contributed by atoms with van der Waals surface area (Å²) in [4.78, 5) is 21.0. The van der Waals surface area contributed by atoms with E-state index in [1.165, 1.54) is 0 Å². The van der Waals surface area contributed by atoms with Crippen molar-refractivity contribution in [1.82, 2.24) is 14.9 Å². The number of anilines is 1. The second-order valence-corrected chi connectivity index (χ2v) is 3.45. The van der Waals surface area contributed by atoms with Crippen LogP contribution in [-0.2, 0) is 4.79 Å². The van der Waals surface area contributed by atoms with Crippen LogP contribution < -0.4 is 5.32 Å². The second-order valence-electron chi connectivity index (χ2n) is 3.45. The number of carbonyl (C=O) groups excluding carboxylic acids is 1. The van der Waals surface area contributed by atoms with Gasteiger partial charge in [-0.3, -0.25) is 4.79 Å². The van der Waals surface area contributed by atoms with Gasteiger partial charge in [0.15, 0.2) is 0 Å². The van der Waals surface area contributed by atoms with Gasteiger partial charge in [-0.2, -0.15) is 0 Å². The van der Waals surface area contributed by atoms with E-state index in [2.05, 4.69) is 15.3 Å². The average molecular weight is 208 g/mol. The van der Waals surface area contributed by atoms with Crippen molar-refractivity contribution in [3.63, 3.8) is 0 Å². The maximum absolute atomic E-state index is 11.3. The minimum absolute atomic E-state index is 0.105. The van der Waals surface area contributed by atoms with E-state index >= 15 is 0 Å². The van der Waals surface area contributed by atoms with Crippen LogP contribution in [0.5, 0.6) is 0 Å². The summed E-state index contributed by atoms with van der Waals surface area (Å²) in [7, 11) is 3.49. The van der Waals surface area contributed by atoms with Crippen molar-refractivity contribution in [3.05, 3.63) is 18.1 Å². The molecule has 0 aliphatic carbocycles. The Labute approximate surface area is 89.5 Å². The third kappa shape index (κ3) is 3.93. The standard InChI is InChI=1S/C10H16N4O/c1-8-11-6-4-9(13-8)12-7-5-10(15)14(2)3/h4,6H,5,7H2,1-3H3,(H,11,12,13). The monoisotopic (exact) mass is 208 g/mol. The van der Waals surface area contributed by atoms with Gasteiger partial charge in [-0.05, 0) is 13.0 Å². The van der Waals surface area contributed by atoms with E-state index in [1.54, 1.807) is 31.3 Å². The van der Waals surface area contributed by atoms with Crippen LogP contribution in [0.15, 0.2) is 12.3 Å². The Hall–Kier alpha value is -1.65. The lowest BCUT2D eigenvalue weighted by Crippen LogP contribution is -2.24. The molecule has 1 aromatic heterocycles. The van der Waals surface area contributed by atoms with E-state index in [4.69, 9.17) is 0 Å². The number of hydrogen-bond donors (Lipinski definition) is 1. The van der Waals surface area contributed by atoms with Crippen molar-refractivity contribution < 1.29 is 4.79 Å². The number of carbonyl (C=O) groups is 1. The van der Waals surface area contributed by atoms with Crippen LogP contribution in [0.3, 0.4) is 0 Å². The van der Waals surface area contributed by atoms with Crippen molar-refractivity contribution in [1.29, 1.82) is 0 Å². The Bertz CT molecular complexity index is 338. The molecule has 1 amide bonds. The highest BCUT2D eigenvalue weighted by Gasteiger charge is 2.02. The maximum Gasteiger partial charge on any atom is 0.223 e. The zero-order chi connectivity index (χ0) is 11.3. The number of amides is 1. The molecule has 1 heterocycles. The normalized spacial score (nSPS) is 9.80. The molecule has 82 valence electrons. The van der Waals surface area contributed by atoms with Crippen molar-refractivity contribution in [2.24, 2.45) is 0 Å². The summed E-state index contributed by atoms with van der Waals surface area (Å²) in [5.41, 5.74) is 0. The van der Waals surface area contributed by atoms with E-state index in [9.17, 15) is 4.79 Å². The number of rotatable bonds is 4. The highest BCUT2D eigenvalue weighted by atomic mass is 16.2. The van der Waals surface area contributed by atoms with E-state index in [1.807, 2.05) is 6.92 Å². The van der Waals surface area contributed by atoms with Gasteiger partial charge in [0.25, 0.3) is 0 Å². The van der Waals surface area contributed by atoms with E-state index in [0.717, 1.165) is 11.6 Å². The number of aromatic nitrogens is 2. The van der Waals surface area contributed by atoms with Crippen LogP contribution in [0.2, 0.25) is 0 Å². The molecule has 0 fully saturated rings. The quantitative estimate of drug-likeness (QED) is 0.790. The highest BCUT2D eigenvalue weighted by molar-refractivity contribution is 5.76. The lowest BCUT2D eigenvalue weighted by molar-refractivity contribution is -0.128. The Morgan fingerprint density at radius 3 is 2.87 bits per heavy atom. The molecule has 0 aliphatic rings. The van der Waals surface area contributed by atoms with Crippen LogP contribution in [0, 0.1) is 6.92 Å². The lowest BCUT2D eigenvalue weighted by Gasteiger charge is -2.10. The number of nitrogens with one attached hydrogen (secondary N) is 1. The van der Waals surface area contributed by atoms with Gasteiger partial charge in [0.1, 0.15) is 11.6 Å². The van der Waals surface area contributed by atoms with Crippen molar-refractivity contribution in [2.75, 3.05) is 26.0 Å². The molecule has 0 atom stereocenters. The lowest BCUT2D eigenvalue weighted by atomic mass is 10.4. The van der Waals surface area contributed by atoms with Gasteiger partial charge in [0.2, 0.25) is 5.91 Å². The minimum atomic E-state index is 0.105. The molecule has 5 nitrogen and oxygen atoms in total. The Morgan fingerprint density at radius 2 is 2.27 bits per heavy atom. The average Bonchev–Trinajstić information content (AvgIpc) is 2.17. The first kappa shape index (κ1) is 11.4. The predicted octanol–water partition coefficient (Wildman–Crippen LogP) is 0.675. The third-order valence-corrected chi connectivity index (χ3v) is 1.92. The van der Waals surface area contributed by atoms with Crippen molar-refractivity contribution >= 4 is 11.7 Å². The molecule has 1 aromatic rings. The molecule has 1 N–H and O–H groups in total. The van der Waals surface area contributed by atoms with Crippen LogP contribution in [0.1, 0.15) is 12.2 Å². The van der Waals surface area contributed by atoms with Gasteiger partial charge in [0, 0.05) is 33.3 Å². The molecule has 0 spiro atoms. The molecule has 0 saturated carbocycles. The van der Waals surface area contributed by atoms with Gasteiger partial charge < -0.3 is 10.2 Å². The summed E-state index contributed by atoms with van der Waals surface area (Å²) in [6.45, 7) is 2.42. The summed E-state index contributed by atoms with van der Waals surface area (Å²) >= 11 is 0. The van der Waals surface area contributed by atoms with Crippen LogP contribution in [0.25, 0.3) is 0 Å². The molecule has 1 rings (SSSR count). The predicted molar refractivity (Wildman–Crippen MR) is 58.6 cm³/mol. The SMILES string of the molecule is Cc1nccc(NCCC(=O)N(C)C)n1. The molecular formula is C10H16N4O. The summed E-state index contributed by atoms with van der Waals surface area (Å²) in [6.07, 6.45) is 2.16. The first-order valence-electron chi connectivity index (χ1n) is 4.83. The molecule has 0 aromatic carbocycles. The van der Waals surface area contributed by atoms with Crippen LogP contribution in [-0.4, -0.2) is 41.4 Å². The molecule has 5 heteroatoms. The van der Waals surface area contributed by atoms with Gasteiger partial charge >= 0.3 is 0 Å². The topological polar surface area (TPSA) is 58.1 Å². The third-order valence-electron chi connectivity index (χ3n) is 1.92. The van der Waals surface area contributed by atoms with Crippen LogP contribution in [0.4, 0.5) is 5.82 Å². The summed E-state index contributed by atoms with van der Waals surface area (Å²) in [6, 6.07) is 1.78. The van der Waals surface area contributed by atoms with Crippen molar-refractivity contribution in [3.8, 4) is 0 Å². The van der Waals surface area contributed by atoms with Crippen molar-refractivity contribution in [2.45, 2.75) is 13.3 Å². The largest absolute Gasteiger partial charge is 0.369 e. The fourth-order valence-electron chi connectivity index (χ4n) is 1.08. The molecule has 0 radical (unpaired) electrons. The summed E-state index contributed by atoms with van der Waals surface area (Å²) < 4.78 is 0. The molecule has 0 aliphatic heterocycles. The Morgan fingerprint density at radius 1 is 1.53 bits per heavy atom. The maximum atomic E-state index is 11.3. The van der Waals surface area contributed by atoms with Crippen LogP contribution >= 0.6 is 0 Å². The fourth-order valence-corrected chi connectivity index (χ4v) is 1.08. The first-order chi connectivity index (χ1) is 7.09. The molecular weight excluding hydrogens is 192 g/mol. The minimum Gasteiger partial charge on any atom is -0.369 e. The molecule has 15 heavy (non-hydrogen) atoms. The number of nitrogens with zero attached hydrogens (tertiary/aromatic N) is 3. The zero-order valence-corrected chi connectivity index (χ0v) is 9.32. The fraction of sp³-hybridized carbons (Fsp3) is 0.500. The van der Waals surface area contributed by atoms with Gasteiger partial charge in [-0.25, -0.2) is 9.97 Å².